The van der Waals surface area contributed by atoms with Crippen molar-refractivity contribution in [1.82, 2.24) is 10.2 Å². The minimum atomic E-state index is -0.250. The van der Waals surface area contributed by atoms with Crippen molar-refractivity contribution in [2.45, 2.75) is 53.0 Å². The molecule has 5 rings (SSSR count). The monoisotopic (exact) mass is 620 g/mol. The van der Waals surface area contributed by atoms with Crippen LogP contribution in [0, 0.1) is 0 Å². The van der Waals surface area contributed by atoms with Crippen LogP contribution in [0.3, 0.4) is 0 Å². The number of carboxylic acid groups (broad SMARTS) is 1. The van der Waals surface area contributed by atoms with Crippen LogP contribution in [-0.2, 0) is 29.0 Å². The van der Waals surface area contributed by atoms with E-state index >= 15 is 0 Å². The van der Waals surface area contributed by atoms with Crippen LogP contribution < -0.4 is 10.1 Å². The number of nitrogens with zero attached hydrogens (tertiary/aromatic N) is 1. The summed E-state index contributed by atoms with van der Waals surface area (Å²) in [5.74, 6) is 0.866. The Bertz CT molecular complexity index is 1540. The zero-order valence-corrected chi connectivity index (χ0v) is 26.9. The number of aryl methyl sites for hydroxylation is 1. The Hall–Kier alpha value is -5.17. The van der Waals surface area contributed by atoms with Crippen molar-refractivity contribution in [1.29, 1.82) is 0 Å². The van der Waals surface area contributed by atoms with Gasteiger partial charge in [0, 0.05) is 43.3 Å². The normalized spacial score (nSPS) is 11.9. The van der Waals surface area contributed by atoms with E-state index < -0.39 is 0 Å². The second-order valence-corrected chi connectivity index (χ2v) is 10.7. The van der Waals surface area contributed by atoms with Crippen LogP contribution >= 0.6 is 0 Å². The average molecular weight is 621 g/mol. The molecule has 0 spiro atoms. The van der Waals surface area contributed by atoms with Crippen LogP contribution in [0.5, 0.6) is 5.75 Å². The lowest BCUT2D eigenvalue weighted by Gasteiger charge is -2.32. The van der Waals surface area contributed by atoms with Crippen molar-refractivity contribution in [2.24, 2.45) is 0 Å². The van der Waals surface area contributed by atoms with Crippen LogP contribution in [0.1, 0.15) is 60.7 Å². The van der Waals surface area contributed by atoms with E-state index in [4.69, 9.17) is 14.6 Å². The summed E-state index contributed by atoms with van der Waals surface area (Å²) in [5, 5.41) is 9.74. The molecule has 1 aliphatic heterocycles. The number of carbonyl (C=O) groups is 3. The highest BCUT2D eigenvalue weighted by atomic mass is 16.5. The molecular formula is C39H44N2O5. The molecule has 46 heavy (non-hydrogen) atoms. The van der Waals surface area contributed by atoms with E-state index in [1.807, 2.05) is 109 Å². The Labute approximate surface area is 272 Å². The second-order valence-electron chi connectivity index (χ2n) is 10.7. The fourth-order valence-corrected chi connectivity index (χ4v) is 5.39. The van der Waals surface area contributed by atoms with E-state index in [1.165, 1.54) is 23.6 Å². The largest absolute Gasteiger partial charge is 0.493 e. The molecule has 0 radical (unpaired) electrons. The topological polar surface area (TPSA) is 95.9 Å². The molecule has 0 fully saturated rings. The lowest BCUT2D eigenvalue weighted by molar-refractivity contribution is -0.123. The number of benzene rings is 4. The van der Waals surface area contributed by atoms with Gasteiger partial charge < -0.3 is 20.1 Å². The third-order valence-corrected chi connectivity index (χ3v) is 7.50. The smallest absolute Gasteiger partial charge is 0.290 e. The first kappa shape index (κ1) is 35.3. The summed E-state index contributed by atoms with van der Waals surface area (Å²) >= 11 is 0. The quantitative estimate of drug-likeness (QED) is 0.187. The molecule has 0 aromatic heterocycles. The Kier molecular flexibility index (Phi) is 14.8. The molecule has 4 aromatic carbocycles. The van der Waals surface area contributed by atoms with E-state index in [9.17, 15) is 9.59 Å². The van der Waals surface area contributed by atoms with Gasteiger partial charge in [0.25, 0.3) is 12.4 Å². The lowest BCUT2D eigenvalue weighted by atomic mass is 9.91. The number of carbonyl (C=O) groups excluding carboxylic acids is 2. The predicted octanol–water partition coefficient (Wildman–Crippen LogP) is 7.70. The molecule has 0 unspecified atom stereocenters. The second kappa shape index (κ2) is 19.3. The van der Waals surface area contributed by atoms with Gasteiger partial charge in [-0.3, -0.25) is 14.4 Å². The molecule has 0 atom stereocenters. The average Bonchev–Trinajstić information content (AvgIpc) is 3.10. The number of amides is 2. The van der Waals surface area contributed by atoms with E-state index in [0.717, 1.165) is 47.4 Å². The molecule has 0 saturated heterocycles. The number of rotatable bonds is 9. The van der Waals surface area contributed by atoms with Gasteiger partial charge in [-0.2, -0.15) is 0 Å². The number of hydrogen-bond acceptors (Lipinski definition) is 4. The van der Waals surface area contributed by atoms with E-state index in [1.54, 1.807) is 0 Å². The molecule has 0 bridgehead atoms. The number of allylic oxidation sites excluding steroid dienone is 1. The standard InChI is InChI=1S/C32H36N2O3.C6H6.CH2O2/c1-4-11-24-16-17-31(37-21-19-26(5-2)33-23(3)35)28-18-20-34(22-30(24)28)32(36)29-15-10-9-14-27(29)25-12-7-6-8-13-25;1-2-4-6-5-3-1;2-1-3/h5-10,12-17H,4,11,18-22H2,1-3H3,(H,33,35);1-6H;1H,(H,2,3)/b26-5+;;. The predicted molar refractivity (Wildman–Crippen MR) is 184 cm³/mol. The summed E-state index contributed by atoms with van der Waals surface area (Å²) in [4.78, 5) is 35.5. The summed E-state index contributed by atoms with van der Waals surface area (Å²) in [5.41, 5.74) is 7.30. The minimum absolute atomic E-state index is 0.0619. The molecule has 0 aliphatic carbocycles. The number of ether oxygens (including phenoxy) is 1. The molecule has 1 aliphatic rings. The Morgan fingerprint density at radius 2 is 1.50 bits per heavy atom. The van der Waals surface area contributed by atoms with Crippen molar-refractivity contribution < 1.29 is 24.2 Å². The third kappa shape index (κ3) is 10.5. The number of hydrogen-bond donors (Lipinski definition) is 2. The van der Waals surface area contributed by atoms with Gasteiger partial charge in [-0.25, -0.2) is 0 Å². The first-order valence-corrected chi connectivity index (χ1v) is 15.6. The molecular weight excluding hydrogens is 576 g/mol. The van der Waals surface area contributed by atoms with Crippen molar-refractivity contribution in [3.63, 3.8) is 0 Å². The van der Waals surface area contributed by atoms with Gasteiger partial charge in [-0.1, -0.05) is 110 Å². The summed E-state index contributed by atoms with van der Waals surface area (Å²) in [6, 6.07) is 34.2. The maximum Gasteiger partial charge on any atom is 0.290 e. The fraction of sp³-hybridized carbons (Fsp3) is 0.256. The van der Waals surface area contributed by atoms with Gasteiger partial charge in [0.2, 0.25) is 5.91 Å². The van der Waals surface area contributed by atoms with Gasteiger partial charge in [-0.15, -0.1) is 0 Å². The maximum absolute atomic E-state index is 13.8. The van der Waals surface area contributed by atoms with Gasteiger partial charge in [0.1, 0.15) is 5.75 Å². The van der Waals surface area contributed by atoms with Crippen LogP contribution in [0.2, 0.25) is 0 Å². The third-order valence-electron chi connectivity index (χ3n) is 7.50. The summed E-state index contributed by atoms with van der Waals surface area (Å²) < 4.78 is 6.21. The van der Waals surface area contributed by atoms with E-state index in [0.29, 0.717) is 26.1 Å². The van der Waals surface area contributed by atoms with E-state index in [-0.39, 0.29) is 18.3 Å². The van der Waals surface area contributed by atoms with Gasteiger partial charge >= 0.3 is 0 Å². The molecule has 7 heteroatoms. The highest BCUT2D eigenvalue weighted by Gasteiger charge is 2.27. The number of nitrogens with one attached hydrogen (secondary N) is 1. The molecule has 240 valence electrons. The molecule has 0 saturated carbocycles. The van der Waals surface area contributed by atoms with Gasteiger partial charge in [0.05, 0.1) is 6.61 Å². The Morgan fingerprint density at radius 3 is 2.11 bits per heavy atom. The van der Waals surface area contributed by atoms with Crippen LogP contribution in [0.25, 0.3) is 11.1 Å². The van der Waals surface area contributed by atoms with Crippen molar-refractivity contribution >= 4 is 18.3 Å². The van der Waals surface area contributed by atoms with Crippen molar-refractivity contribution in [2.75, 3.05) is 13.2 Å². The molecule has 7 nitrogen and oxygen atoms in total. The van der Waals surface area contributed by atoms with Gasteiger partial charge in [-0.05, 0) is 54.2 Å². The first-order valence-electron chi connectivity index (χ1n) is 15.6. The highest BCUT2D eigenvalue weighted by Crippen LogP contribution is 2.33. The SMILES string of the molecule is C/C=C(\CCOc1ccc(CCC)c2c1CCN(C(=O)c1ccccc1-c1ccccc1)C2)NC(C)=O.O=CO.c1ccccc1. The number of fused-ring (bicyclic) bond motifs is 1. The molecule has 2 amide bonds. The highest BCUT2D eigenvalue weighted by molar-refractivity contribution is 6.01. The van der Waals surface area contributed by atoms with Crippen LogP contribution in [0.4, 0.5) is 0 Å². The van der Waals surface area contributed by atoms with Gasteiger partial charge in [0.15, 0.2) is 0 Å². The minimum Gasteiger partial charge on any atom is -0.493 e. The van der Waals surface area contributed by atoms with Crippen LogP contribution in [-0.4, -0.2) is 41.4 Å². The summed E-state index contributed by atoms with van der Waals surface area (Å²) in [7, 11) is 0. The van der Waals surface area contributed by atoms with Crippen molar-refractivity contribution in [3.8, 4) is 16.9 Å². The van der Waals surface area contributed by atoms with Crippen LogP contribution in [0.15, 0.2) is 115 Å². The zero-order valence-electron chi connectivity index (χ0n) is 26.9. The summed E-state index contributed by atoms with van der Waals surface area (Å²) in [6.45, 7) is 7.06. The maximum atomic E-state index is 13.8. The zero-order chi connectivity index (χ0) is 33.1. The lowest BCUT2D eigenvalue weighted by Crippen LogP contribution is -2.37. The molecule has 4 aromatic rings. The first-order chi connectivity index (χ1) is 22.4. The van der Waals surface area contributed by atoms with Crippen molar-refractivity contribution in [3.05, 3.63) is 137 Å². The summed E-state index contributed by atoms with van der Waals surface area (Å²) in [6.07, 6.45) is 5.29. The molecule has 2 N–H and O–H groups in total. The Balaban J connectivity index is 0.000000557. The molecule has 1 heterocycles. The Morgan fingerprint density at radius 1 is 0.891 bits per heavy atom. The van der Waals surface area contributed by atoms with E-state index in [2.05, 4.69) is 24.4 Å². The fourth-order valence-electron chi connectivity index (χ4n) is 5.39.